The second-order valence-corrected chi connectivity index (χ2v) is 10.8. The number of nitrogens with zero attached hydrogens (tertiary/aromatic N) is 4. The maximum absolute atomic E-state index is 12.8. The van der Waals surface area contributed by atoms with Crippen molar-refractivity contribution in [2.45, 2.75) is 45.7 Å². The van der Waals surface area contributed by atoms with Gasteiger partial charge in [0.05, 0.1) is 33.2 Å². The van der Waals surface area contributed by atoms with E-state index in [0.717, 1.165) is 30.8 Å². The van der Waals surface area contributed by atoms with Crippen molar-refractivity contribution in [3.05, 3.63) is 68.2 Å². The summed E-state index contributed by atoms with van der Waals surface area (Å²) in [5, 5.41) is 6.49. The van der Waals surface area contributed by atoms with E-state index < -0.39 is 29.0 Å². The first-order chi connectivity index (χ1) is 20.7. The average Bonchev–Trinajstić information content (AvgIpc) is 2.95. The highest BCUT2D eigenvalue weighted by atomic mass is 19.4. The minimum absolute atomic E-state index is 0. The summed E-state index contributed by atoms with van der Waals surface area (Å²) < 4.78 is 76.5. The van der Waals surface area contributed by atoms with Gasteiger partial charge < -0.3 is 30.4 Å². The monoisotopic (exact) mass is 640 g/mol. The predicted molar refractivity (Wildman–Crippen MR) is 161 cm³/mol. The van der Waals surface area contributed by atoms with Crippen molar-refractivity contribution in [3.8, 4) is 0 Å². The molecule has 2 aliphatic heterocycles. The number of alkyl halides is 6. The molecule has 0 radical (unpaired) electrons. The van der Waals surface area contributed by atoms with Crippen LogP contribution in [0.5, 0.6) is 0 Å². The normalized spacial score (nSPS) is 19.2. The summed E-state index contributed by atoms with van der Waals surface area (Å²) in [6.07, 6.45) is -8.88. The molecule has 2 atom stereocenters. The summed E-state index contributed by atoms with van der Waals surface area (Å²) >= 11 is 0. The molecule has 4 aromatic rings. The summed E-state index contributed by atoms with van der Waals surface area (Å²) in [6, 6.07) is 6.70. The standard InChI is InChI=1S/2C14H15F3N4O.CH4/c1-8-7-21(5-4-18-8)12-13(22)20-10-3-2-9(14(15,16)17)6-11(10)19-12;1-8-7-21(5-4-18-8)12-13(22)20-11-6-9(14(15,16)17)2-3-10(11)19-12;/h2*2-3,6,8,18H,4-5,7H2,1H3,(H,20,22);1H4. The third kappa shape index (κ3) is 7.73. The molecule has 2 fully saturated rings. The van der Waals surface area contributed by atoms with Crippen LogP contribution in [0.15, 0.2) is 46.0 Å². The molecule has 0 bridgehead atoms. The Hall–Kier alpha value is -4.18. The number of halogens is 6. The summed E-state index contributed by atoms with van der Waals surface area (Å²) in [6.45, 7) is 7.83. The lowest BCUT2D eigenvalue weighted by Crippen LogP contribution is -2.50. The van der Waals surface area contributed by atoms with Crippen molar-refractivity contribution >= 4 is 33.7 Å². The van der Waals surface area contributed by atoms with Gasteiger partial charge in [-0.1, -0.05) is 7.43 Å². The second-order valence-electron chi connectivity index (χ2n) is 10.8. The Morgan fingerprint density at radius 1 is 0.689 bits per heavy atom. The zero-order valence-electron chi connectivity index (χ0n) is 23.7. The van der Waals surface area contributed by atoms with Crippen molar-refractivity contribution in [3.63, 3.8) is 0 Å². The molecular formula is C29H34F6N8O2. The summed E-state index contributed by atoms with van der Waals surface area (Å²) in [5.74, 6) is 0.417. The van der Waals surface area contributed by atoms with Crippen LogP contribution < -0.4 is 31.6 Å². The zero-order chi connectivity index (χ0) is 31.8. The molecule has 2 aromatic heterocycles. The topological polar surface area (TPSA) is 122 Å². The Labute approximate surface area is 253 Å². The van der Waals surface area contributed by atoms with Gasteiger partial charge in [0.25, 0.3) is 11.1 Å². The Bertz CT molecular complexity index is 1770. The number of anilines is 2. The number of fused-ring (bicyclic) bond motifs is 2. The third-order valence-electron chi connectivity index (χ3n) is 7.34. The van der Waals surface area contributed by atoms with Crippen LogP contribution in [0.2, 0.25) is 0 Å². The van der Waals surface area contributed by atoms with Gasteiger partial charge in [-0.2, -0.15) is 26.3 Å². The molecule has 2 aliphatic rings. The molecule has 2 saturated heterocycles. The maximum Gasteiger partial charge on any atom is 0.416 e. The quantitative estimate of drug-likeness (QED) is 0.242. The lowest BCUT2D eigenvalue weighted by Gasteiger charge is -2.32. The third-order valence-corrected chi connectivity index (χ3v) is 7.34. The number of nitrogens with one attached hydrogen (secondary N) is 4. The van der Waals surface area contributed by atoms with Crippen LogP contribution in [0, 0.1) is 0 Å². The lowest BCUT2D eigenvalue weighted by atomic mass is 10.2. The molecule has 0 aliphatic carbocycles. The SMILES string of the molecule is C.CC1CN(c2nc3cc(C(F)(F)F)ccc3[nH]c2=O)CCN1.CC1CN(c2nc3ccc(C(F)(F)F)cc3[nH]c2=O)CCN1. The van der Waals surface area contributed by atoms with E-state index in [1.807, 2.05) is 18.7 Å². The minimum atomic E-state index is -4.45. The molecule has 0 saturated carbocycles. The molecule has 10 nitrogen and oxygen atoms in total. The van der Waals surface area contributed by atoms with Crippen LogP contribution in [0.3, 0.4) is 0 Å². The summed E-state index contributed by atoms with van der Waals surface area (Å²) in [4.78, 5) is 41.4. The van der Waals surface area contributed by atoms with Gasteiger partial charge in [-0.05, 0) is 50.2 Å². The van der Waals surface area contributed by atoms with Crippen LogP contribution in [0.1, 0.15) is 32.4 Å². The average molecular weight is 641 g/mol. The molecule has 6 rings (SSSR count). The minimum Gasteiger partial charge on any atom is -0.349 e. The van der Waals surface area contributed by atoms with Gasteiger partial charge in [-0.15, -0.1) is 0 Å². The molecule has 2 unspecified atom stereocenters. The second kappa shape index (κ2) is 13.0. The van der Waals surface area contributed by atoms with Crippen molar-refractivity contribution in [2.75, 3.05) is 49.1 Å². The Kier molecular flexibility index (Phi) is 9.77. The van der Waals surface area contributed by atoms with E-state index in [0.29, 0.717) is 43.8 Å². The highest BCUT2D eigenvalue weighted by Crippen LogP contribution is 2.31. The molecule has 0 spiro atoms. The molecule has 0 amide bonds. The van der Waals surface area contributed by atoms with Gasteiger partial charge in [-0.25, -0.2) is 9.97 Å². The molecule has 4 heterocycles. The highest BCUT2D eigenvalue weighted by molar-refractivity contribution is 5.77. The van der Waals surface area contributed by atoms with Gasteiger partial charge in [0, 0.05) is 51.4 Å². The van der Waals surface area contributed by atoms with E-state index >= 15 is 0 Å². The number of benzene rings is 2. The molecule has 45 heavy (non-hydrogen) atoms. The number of H-pyrrole nitrogens is 2. The first-order valence-electron chi connectivity index (χ1n) is 13.9. The first kappa shape index (κ1) is 33.7. The Morgan fingerprint density at radius 3 is 1.67 bits per heavy atom. The largest absolute Gasteiger partial charge is 0.416 e. The fourth-order valence-corrected chi connectivity index (χ4v) is 5.18. The van der Waals surface area contributed by atoms with Crippen molar-refractivity contribution in [2.24, 2.45) is 0 Å². The number of aromatic amines is 2. The van der Waals surface area contributed by atoms with E-state index in [2.05, 4.69) is 30.6 Å². The summed E-state index contributed by atoms with van der Waals surface area (Å²) in [5.41, 5.74) is -1.58. The molecule has 16 heteroatoms. The van der Waals surface area contributed by atoms with Gasteiger partial charge in [0.1, 0.15) is 0 Å². The molecule has 2 aromatic carbocycles. The smallest absolute Gasteiger partial charge is 0.349 e. The Balaban J connectivity index is 0.000000200. The molecular weight excluding hydrogens is 606 g/mol. The van der Waals surface area contributed by atoms with Gasteiger partial charge in [-0.3, -0.25) is 9.59 Å². The lowest BCUT2D eigenvalue weighted by molar-refractivity contribution is -0.138. The maximum atomic E-state index is 12.8. The van der Waals surface area contributed by atoms with Gasteiger partial charge >= 0.3 is 12.4 Å². The van der Waals surface area contributed by atoms with Gasteiger partial charge in [0.15, 0.2) is 11.6 Å². The van der Waals surface area contributed by atoms with E-state index in [1.54, 1.807) is 4.90 Å². The number of hydrogen-bond acceptors (Lipinski definition) is 8. The van der Waals surface area contributed by atoms with Crippen molar-refractivity contribution in [1.29, 1.82) is 0 Å². The van der Waals surface area contributed by atoms with E-state index in [1.165, 1.54) is 12.1 Å². The predicted octanol–water partition coefficient (Wildman–Crippen LogP) is 4.12. The zero-order valence-corrected chi connectivity index (χ0v) is 23.7. The van der Waals surface area contributed by atoms with Crippen molar-refractivity contribution in [1.82, 2.24) is 30.6 Å². The first-order valence-corrected chi connectivity index (χ1v) is 13.9. The Morgan fingerprint density at radius 2 is 1.16 bits per heavy atom. The summed E-state index contributed by atoms with van der Waals surface area (Å²) in [7, 11) is 0. The highest BCUT2D eigenvalue weighted by Gasteiger charge is 2.32. The number of piperazine rings is 2. The van der Waals surface area contributed by atoms with Crippen LogP contribution in [0.25, 0.3) is 22.1 Å². The fraction of sp³-hybridized carbons (Fsp3) is 0.448. The number of aromatic nitrogens is 4. The van der Waals surface area contributed by atoms with E-state index in [9.17, 15) is 35.9 Å². The fourth-order valence-electron chi connectivity index (χ4n) is 5.18. The molecule has 244 valence electrons. The van der Waals surface area contributed by atoms with Crippen LogP contribution in [-0.2, 0) is 12.4 Å². The van der Waals surface area contributed by atoms with E-state index in [4.69, 9.17) is 0 Å². The number of hydrogen-bond donors (Lipinski definition) is 4. The number of rotatable bonds is 2. The van der Waals surface area contributed by atoms with Gasteiger partial charge in [0.2, 0.25) is 0 Å². The van der Waals surface area contributed by atoms with Crippen LogP contribution in [-0.4, -0.2) is 71.3 Å². The van der Waals surface area contributed by atoms with E-state index in [-0.39, 0.29) is 47.7 Å². The van der Waals surface area contributed by atoms with Crippen LogP contribution in [0.4, 0.5) is 38.0 Å². The van der Waals surface area contributed by atoms with Crippen LogP contribution >= 0.6 is 0 Å². The van der Waals surface area contributed by atoms with Crippen molar-refractivity contribution < 1.29 is 26.3 Å². The molecule has 4 N–H and O–H groups in total.